The van der Waals surface area contributed by atoms with E-state index in [1.54, 1.807) is 38.4 Å². The molecular weight excluding hydrogens is 708 g/mol. The molecule has 2 heterocycles. The lowest BCUT2D eigenvalue weighted by Crippen LogP contribution is -2.59. The fourth-order valence-corrected chi connectivity index (χ4v) is 6.87. The number of carbonyl (C=O) groups excluding carboxylic acids is 6. The lowest BCUT2D eigenvalue weighted by Gasteiger charge is -2.36. The van der Waals surface area contributed by atoms with Crippen molar-refractivity contribution in [3.63, 3.8) is 0 Å². The Morgan fingerprint density at radius 3 is 2.49 bits per heavy atom. The minimum absolute atomic E-state index is 0.103. The molecule has 1 aromatic rings. The van der Waals surface area contributed by atoms with Crippen molar-refractivity contribution in [3.8, 4) is 5.75 Å². The molecule has 15 heteroatoms. The number of fused-ring (bicyclic) bond motifs is 4. The molecule has 4 bridgehead atoms. The van der Waals surface area contributed by atoms with Crippen molar-refractivity contribution >= 4 is 35.4 Å². The Kier molecular flexibility index (Phi) is 15.4. The van der Waals surface area contributed by atoms with Gasteiger partial charge in [-0.25, -0.2) is 0 Å². The predicted molar refractivity (Wildman–Crippen MR) is 205 cm³/mol. The number of nitrogens with zero attached hydrogens (tertiary/aromatic N) is 2. The first-order chi connectivity index (χ1) is 26.1. The van der Waals surface area contributed by atoms with Crippen LogP contribution in [0.25, 0.3) is 0 Å². The number of likely N-dealkylation sites (N-methyl/N-ethyl adjacent to an activating group) is 1. The molecule has 55 heavy (non-hydrogen) atoms. The molecule has 0 saturated carbocycles. The highest BCUT2D eigenvalue weighted by molar-refractivity contribution is 5.99. The van der Waals surface area contributed by atoms with Crippen LogP contribution in [0.1, 0.15) is 76.6 Å². The van der Waals surface area contributed by atoms with Crippen molar-refractivity contribution in [2.24, 2.45) is 11.3 Å². The Morgan fingerprint density at radius 1 is 1.07 bits per heavy atom. The summed E-state index contributed by atoms with van der Waals surface area (Å²) in [5.41, 5.74) is -0.419. The van der Waals surface area contributed by atoms with Crippen LogP contribution in [-0.2, 0) is 28.7 Å². The van der Waals surface area contributed by atoms with Crippen LogP contribution in [0, 0.1) is 11.3 Å². The largest absolute Gasteiger partial charge is 0.494 e. The molecule has 2 aliphatic heterocycles. The summed E-state index contributed by atoms with van der Waals surface area (Å²) in [5.74, 6) is -3.04. The van der Waals surface area contributed by atoms with Gasteiger partial charge in [0.15, 0.2) is 6.10 Å². The Bertz CT molecular complexity index is 1600. The molecule has 3 aliphatic rings. The van der Waals surface area contributed by atoms with E-state index in [-0.39, 0.29) is 31.2 Å². The van der Waals surface area contributed by atoms with Gasteiger partial charge in [0, 0.05) is 45.1 Å². The Balaban J connectivity index is 1.47. The molecule has 15 nitrogen and oxygen atoms in total. The first-order valence-corrected chi connectivity index (χ1v) is 19.2. The van der Waals surface area contributed by atoms with E-state index in [4.69, 9.17) is 9.47 Å². The topological polar surface area (TPSA) is 196 Å². The third kappa shape index (κ3) is 11.9. The third-order valence-corrected chi connectivity index (χ3v) is 9.96. The zero-order chi connectivity index (χ0) is 40.3. The number of aliphatic hydroxyl groups excluding tert-OH is 1. The minimum Gasteiger partial charge on any atom is -0.494 e. The maximum Gasteiger partial charge on any atom is 0.252 e. The molecule has 302 valence electrons. The minimum atomic E-state index is -1.73. The van der Waals surface area contributed by atoms with Gasteiger partial charge in [0.25, 0.3) is 11.8 Å². The maximum absolute atomic E-state index is 14.4. The molecule has 6 amide bonds. The Labute approximate surface area is 323 Å². The summed E-state index contributed by atoms with van der Waals surface area (Å²) in [6, 6.07) is 2.81. The summed E-state index contributed by atoms with van der Waals surface area (Å²) in [6.07, 6.45) is 8.00. The van der Waals surface area contributed by atoms with Crippen molar-refractivity contribution in [3.05, 3.63) is 54.1 Å². The van der Waals surface area contributed by atoms with Gasteiger partial charge in [0.1, 0.15) is 23.9 Å². The number of aliphatic hydroxyl groups is 1. The average Bonchev–Trinajstić information content (AvgIpc) is 3.59. The lowest BCUT2D eigenvalue weighted by molar-refractivity contribution is -0.143. The summed E-state index contributed by atoms with van der Waals surface area (Å²) in [5, 5.41) is 22.0. The van der Waals surface area contributed by atoms with Gasteiger partial charge < -0.3 is 45.6 Å². The summed E-state index contributed by atoms with van der Waals surface area (Å²) >= 11 is 0. The second-order valence-corrected chi connectivity index (χ2v) is 15.6. The normalized spacial score (nSPS) is 23.4. The van der Waals surface area contributed by atoms with E-state index in [9.17, 15) is 33.9 Å². The van der Waals surface area contributed by atoms with Crippen molar-refractivity contribution in [2.45, 2.75) is 103 Å². The maximum atomic E-state index is 14.4. The van der Waals surface area contributed by atoms with Gasteiger partial charge in [-0.05, 0) is 49.3 Å². The summed E-state index contributed by atoms with van der Waals surface area (Å²) in [6.45, 7) is 7.70. The summed E-state index contributed by atoms with van der Waals surface area (Å²) in [4.78, 5) is 83.7. The highest BCUT2D eigenvalue weighted by atomic mass is 16.5. The number of rotatable bonds is 11. The van der Waals surface area contributed by atoms with Gasteiger partial charge in [-0.3, -0.25) is 28.8 Å². The number of hydrogen-bond donors (Lipinski definition) is 5. The first kappa shape index (κ1) is 43.0. The zero-order valence-corrected chi connectivity index (χ0v) is 32.8. The number of benzene rings is 1. The van der Waals surface area contributed by atoms with Gasteiger partial charge in [-0.2, -0.15) is 0 Å². The van der Waals surface area contributed by atoms with Crippen molar-refractivity contribution in [1.82, 2.24) is 31.1 Å². The van der Waals surface area contributed by atoms with Crippen LogP contribution in [0.4, 0.5) is 0 Å². The van der Waals surface area contributed by atoms with E-state index < -0.39 is 77.9 Å². The molecule has 0 aromatic heterocycles. The van der Waals surface area contributed by atoms with Gasteiger partial charge in [-0.1, -0.05) is 64.5 Å². The molecular formula is C40H58N6O9. The van der Waals surface area contributed by atoms with Crippen LogP contribution in [0.2, 0.25) is 0 Å². The summed E-state index contributed by atoms with van der Waals surface area (Å²) < 4.78 is 12.0. The van der Waals surface area contributed by atoms with Crippen LogP contribution >= 0.6 is 0 Å². The van der Waals surface area contributed by atoms with E-state index in [0.29, 0.717) is 50.2 Å². The Hall–Kier alpha value is -4.76. The molecule has 1 saturated heterocycles. The fraction of sp³-hybridized carbons (Fsp3) is 0.600. The van der Waals surface area contributed by atoms with Crippen molar-refractivity contribution < 1.29 is 43.3 Å². The van der Waals surface area contributed by atoms with E-state index >= 15 is 0 Å². The number of carbonyl (C=O) groups is 6. The SMILES string of the molecule is CCCC(NC(=O)[C@@H]1C[C@@H]2CN1C(=O)[C@H](C(C)(C)C)NC(=O)c1cccc(c1)OCCCCO2)C(O)C(=O)NCC(=O)NC(C(=O)N(C)C)C1C=CC=CC1. The van der Waals surface area contributed by atoms with Gasteiger partial charge in [0.2, 0.25) is 23.6 Å². The highest BCUT2D eigenvalue weighted by Gasteiger charge is 2.46. The van der Waals surface area contributed by atoms with Gasteiger partial charge >= 0.3 is 0 Å². The van der Waals surface area contributed by atoms with Gasteiger partial charge in [-0.15, -0.1) is 0 Å². The van der Waals surface area contributed by atoms with Crippen LogP contribution in [-0.4, -0.2) is 127 Å². The number of allylic oxidation sites excluding steroid dienone is 3. The molecule has 1 aromatic carbocycles. The molecule has 7 atom stereocenters. The average molecular weight is 767 g/mol. The molecule has 4 rings (SSSR count). The molecule has 0 radical (unpaired) electrons. The predicted octanol–water partition coefficient (Wildman–Crippen LogP) is 1.46. The van der Waals surface area contributed by atoms with E-state index in [1.165, 1.54) is 9.80 Å². The fourth-order valence-electron chi connectivity index (χ4n) is 6.87. The van der Waals surface area contributed by atoms with Crippen molar-refractivity contribution in [1.29, 1.82) is 0 Å². The van der Waals surface area contributed by atoms with Crippen LogP contribution in [0.3, 0.4) is 0 Å². The van der Waals surface area contributed by atoms with Crippen molar-refractivity contribution in [2.75, 3.05) is 40.4 Å². The Morgan fingerprint density at radius 2 is 1.82 bits per heavy atom. The summed E-state index contributed by atoms with van der Waals surface area (Å²) in [7, 11) is 3.19. The van der Waals surface area contributed by atoms with Crippen LogP contribution in [0.15, 0.2) is 48.6 Å². The number of hydrogen-bond acceptors (Lipinski definition) is 9. The number of ether oxygens (including phenoxy) is 2. The van der Waals surface area contributed by atoms with Crippen LogP contribution < -0.4 is 26.0 Å². The highest BCUT2D eigenvalue weighted by Crippen LogP contribution is 2.28. The van der Waals surface area contributed by atoms with Crippen LogP contribution in [0.5, 0.6) is 5.75 Å². The molecule has 1 fully saturated rings. The second-order valence-electron chi connectivity index (χ2n) is 15.6. The second kappa shape index (κ2) is 19.7. The van der Waals surface area contributed by atoms with Gasteiger partial charge in [0.05, 0.1) is 25.3 Å². The molecule has 0 spiro atoms. The zero-order valence-electron chi connectivity index (χ0n) is 32.8. The monoisotopic (exact) mass is 766 g/mol. The molecule has 1 aliphatic carbocycles. The molecule has 4 unspecified atom stereocenters. The first-order valence-electron chi connectivity index (χ1n) is 19.2. The molecule has 5 N–H and O–H groups in total. The van der Waals surface area contributed by atoms with E-state index in [1.807, 2.05) is 52.0 Å². The smallest absolute Gasteiger partial charge is 0.252 e. The number of nitrogens with one attached hydrogen (secondary N) is 4. The van der Waals surface area contributed by atoms with E-state index in [0.717, 1.165) is 0 Å². The standard InChI is InChI=1S/C40H58N6O9/c1-7-14-29(33(48)37(51)41-23-31(47)43-32(38(52)45(5)6)25-15-9-8-10-16-25)42-36(50)30-22-28-24-46(30)39(53)34(40(2,3)4)44-35(49)26-17-13-18-27(21-26)54-19-11-12-20-55-28/h8-10,13,15,17-18,21,25,28-30,32-34,48H,7,11-12,14,16,19-20,22-24H2,1-6H3,(H,41,51)(H,42,50)(H,43,47)(H,44,49)/t25?,28-,29?,30+,32?,33?,34-/m1/s1. The third-order valence-electron chi connectivity index (χ3n) is 9.96. The quantitative estimate of drug-likeness (QED) is 0.222. The lowest BCUT2D eigenvalue weighted by atomic mass is 9.85. The van der Waals surface area contributed by atoms with E-state index in [2.05, 4.69) is 21.3 Å². The number of amides is 6.